The third kappa shape index (κ3) is 4.18. The lowest BCUT2D eigenvalue weighted by Gasteiger charge is -2.21. The van der Waals surface area contributed by atoms with Gasteiger partial charge in [-0.15, -0.1) is 0 Å². The number of hydrogen-bond donors (Lipinski definition) is 2. The zero-order valence-electron chi connectivity index (χ0n) is 19.0. The molecule has 0 amide bonds. The number of fused-ring (bicyclic) bond motifs is 2. The highest BCUT2D eigenvalue weighted by Crippen LogP contribution is 2.41. The highest BCUT2D eigenvalue weighted by atomic mass is 35.5. The number of pyridine rings is 1. The molecule has 0 radical (unpaired) electrons. The number of para-hydroxylation sites is 1. The number of thiol groups is 1. The van der Waals surface area contributed by atoms with Crippen molar-refractivity contribution in [1.29, 1.82) is 5.26 Å². The first-order valence-corrected chi connectivity index (χ1v) is 11.4. The van der Waals surface area contributed by atoms with Crippen LogP contribution in [-0.2, 0) is 0 Å². The fourth-order valence-corrected chi connectivity index (χ4v) is 4.59. The van der Waals surface area contributed by atoms with E-state index in [-0.39, 0.29) is 33.3 Å². The van der Waals surface area contributed by atoms with Gasteiger partial charge < -0.3 is 9.72 Å². The molecule has 5 rings (SSSR count). The Hall–Kier alpha value is -4.66. The van der Waals surface area contributed by atoms with Crippen molar-refractivity contribution in [2.45, 2.75) is 0 Å². The molecule has 0 aliphatic rings. The van der Waals surface area contributed by atoms with E-state index in [1.54, 1.807) is 42.5 Å². The van der Waals surface area contributed by atoms with Crippen molar-refractivity contribution in [3.8, 4) is 23.2 Å². The number of anilines is 2. The van der Waals surface area contributed by atoms with Crippen molar-refractivity contribution in [3.05, 3.63) is 91.8 Å². The molecule has 0 fully saturated rings. The first kappa shape index (κ1) is 24.1. The number of nitriles is 1. The van der Waals surface area contributed by atoms with Crippen LogP contribution in [0.25, 0.3) is 33.2 Å². The second-order valence-corrected chi connectivity index (χ2v) is 8.65. The van der Waals surface area contributed by atoms with Gasteiger partial charge in [0.15, 0.2) is 5.75 Å². The van der Waals surface area contributed by atoms with Gasteiger partial charge >= 0.3 is 5.69 Å². The third-order valence-electron chi connectivity index (χ3n) is 5.73. The minimum atomic E-state index is -0.576. The van der Waals surface area contributed by atoms with E-state index in [0.717, 1.165) is 0 Å². The Kier molecular flexibility index (Phi) is 6.12. The number of H-pyrrole nitrogens is 1. The number of aromatic nitrogens is 3. The SMILES string of the molecule is COc1cc2ncc(C#N)c(N(S)c3ccc(-c4nc5ccccc5c(=O)[nH]4)c(Cl)c3)c2cc1[N+](=O)[O-]. The number of rotatable bonds is 5. The minimum absolute atomic E-state index is 0.0376. The van der Waals surface area contributed by atoms with E-state index in [1.807, 2.05) is 0 Å². The predicted molar refractivity (Wildman–Crippen MR) is 144 cm³/mol. The number of nitrogens with one attached hydrogen (secondary N) is 1. The van der Waals surface area contributed by atoms with E-state index in [2.05, 4.69) is 33.8 Å². The molecular weight excluding hydrogens is 516 g/mol. The maximum absolute atomic E-state index is 12.5. The summed E-state index contributed by atoms with van der Waals surface area (Å²) in [7, 11) is 1.32. The topological polar surface area (TPSA) is 138 Å². The Bertz CT molecular complexity index is 1840. The van der Waals surface area contributed by atoms with Crippen molar-refractivity contribution >= 4 is 63.3 Å². The number of halogens is 1. The van der Waals surface area contributed by atoms with E-state index >= 15 is 0 Å². The molecule has 1 N–H and O–H groups in total. The molecule has 12 heteroatoms. The van der Waals surface area contributed by atoms with Crippen LogP contribution in [0.1, 0.15) is 5.56 Å². The van der Waals surface area contributed by atoms with Crippen LogP contribution in [0.5, 0.6) is 5.75 Å². The van der Waals surface area contributed by atoms with Gasteiger partial charge in [0.2, 0.25) is 0 Å². The van der Waals surface area contributed by atoms with Gasteiger partial charge in [-0.25, -0.2) is 4.98 Å². The lowest BCUT2D eigenvalue weighted by molar-refractivity contribution is -0.385. The van der Waals surface area contributed by atoms with Gasteiger partial charge in [-0.3, -0.25) is 24.2 Å². The van der Waals surface area contributed by atoms with Gasteiger partial charge in [-0.05, 0) is 30.3 Å². The summed E-state index contributed by atoms with van der Waals surface area (Å²) in [5, 5.41) is 22.4. The fraction of sp³-hybridized carbons (Fsp3) is 0.0400. The van der Waals surface area contributed by atoms with Gasteiger partial charge in [-0.2, -0.15) is 5.26 Å². The number of hydrogen-bond acceptors (Lipinski definition) is 9. The first-order chi connectivity index (χ1) is 17.8. The number of nitro benzene ring substituents is 1. The Morgan fingerprint density at radius 3 is 2.65 bits per heavy atom. The normalized spacial score (nSPS) is 10.9. The summed E-state index contributed by atoms with van der Waals surface area (Å²) in [6.45, 7) is 0. The Balaban J connectivity index is 1.64. The standard InChI is InChI=1S/C25H15ClN6O4S/c1-36-22-10-20-17(9-21(22)32(34)35)23(13(11-27)12-28-20)31(37)14-6-7-15(18(26)8-14)24-29-19-5-3-2-4-16(19)25(33)30-24/h2-10,12,37H,1H3,(H,29,30,33). The highest BCUT2D eigenvalue weighted by molar-refractivity contribution is 7.82. The number of methoxy groups -OCH3 is 1. The molecule has 3 aromatic carbocycles. The average Bonchev–Trinajstić information content (AvgIpc) is 2.91. The maximum atomic E-state index is 12.5. The van der Waals surface area contributed by atoms with Gasteiger partial charge in [0.05, 0.1) is 50.4 Å². The first-order valence-electron chi connectivity index (χ1n) is 10.7. The van der Waals surface area contributed by atoms with Crippen LogP contribution in [0.2, 0.25) is 5.02 Å². The molecular formula is C25H15ClN6O4S. The number of nitro groups is 1. The monoisotopic (exact) mass is 530 g/mol. The van der Waals surface area contributed by atoms with Gasteiger partial charge in [0.25, 0.3) is 5.56 Å². The summed E-state index contributed by atoms with van der Waals surface area (Å²) < 4.78 is 6.53. The van der Waals surface area contributed by atoms with Crippen LogP contribution in [0.15, 0.2) is 65.6 Å². The third-order valence-corrected chi connectivity index (χ3v) is 6.48. The molecule has 0 saturated heterocycles. The number of aromatic amines is 1. The summed E-state index contributed by atoms with van der Waals surface area (Å²) in [6, 6.07) is 16.7. The van der Waals surface area contributed by atoms with E-state index in [0.29, 0.717) is 38.9 Å². The van der Waals surface area contributed by atoms with Crippen LogP contribution in [-0.4, -0.2) is 27.0 Å². The van der Waals surface area contributed by atoms with Crippen LogP contribution in [0.3, 0.4) is 0 Å². The smallest absolute Gasteiger partial charge is 0.311 e. The number of benzene rings is 3. The van der Waals surface area contributed by atoms with E-state index in [1.165, 1.54) is 29.7 Å². The predicted octanol–water partition coefficient (Wildman–Crippen LogP) is 5.56. The Morgan fingerprint density at radius 2 is 1.95 bits per heavy atom. The van der Waals surface area contributed by atoms with Crippen molar-refractivity contribution in [2.24, 2.45) is 0 Å². The molecule has 10 nitrogen and oxygen atoms in total. The van der Waals surface area contributed by atoms with Crippen LogP contribution in [0.4, 0.5) is 17.1 Å². The minimum Gasteiger partial charge on any atom is -0.490 e. The van der Waals surface area contributed by atoms with Crippen molar-refractivity contribution < 1.29 is 9.66 Å². The molecule has 2 aromatic heterocycles. The molecule has 0 atom stereocenters. The lowest BCUT2D eigenvalue weighted by Crippen LogP contribution is -2.10. The summed E-state index contributed by atoms with van der Waals surface area (Å²) in [4.78, 5) is 35.0. The van der Waals surface area contributed by atoms with E-state index < -0.39 is 4.92 Å². The van der Waals surface area contributed by atoms with Crippen molar-refractivity contribution in [1.82, 2.24) is 15.0 Å². The Morgan fingerprint density at radius 1 is 1.16 bits per heavy atom. The second-order valence-electron chi connectivity index (χ2n) is 7.84. The van der Waals surface area contributed by atoms with Crippen LogP contribution < -0.4 is 14.6 Å². The van der Waals surface area contributed by atoms with Crippen LogP contribution >= 0.6 is 24.4 Å². The molecule has 182 valence electrons. The molecule has 0 unspecified atom stereocenters. The Labute approximate surface area is 219 Å². The molecule has 5 aromatic rings. The zero-order chi connectivity index (χ0) is 26.3. The summed E-state index contributed by atoms with van der Waals surface area (Å²) in [6.07, 6.45) is 1.35. The number of nitrogens with zero attached hydrogens (tertiary/aromatic N) is 5. The molecule has 0 bridgehead atoms. The quantitative estimate of drug-likeness (QED) is 0.171. The largest absolute Gasteiger partial charge is 0.490 e. The summed E-state index contributed by atoms with van der Waals surface area (Å²) in [5.74, 6) is 0.330. The average molecular weight is 531 g/mol. The van der Waals surface area contributed by atoms with Gasteiger partial charge in [0, 0.05) is 29.3 Å². The molecule has 37 heavy (non-hydrogen) atoms. The zero-order valence-corrected chi connectivity index (χ0v) is 20.6. The summed E-state index contributed by atoms with van der Waals surface area (Å²) in [5.41, 5.74) is 1.68. The highest BCUT2D eigenvalue weighted by Gasteiger charge is 2.23. The lowest BCUT2D eigenvalue weighted by atomic mass is 10.1. The molecule has 0 aliphatic carbocycles. The molecule has 0 aliphatic heterocycles. The van der Waals surface area contributed by atoms with Crippen LogP contribution in [0, 0.1) is 21.4 Å². The molecule has 0 saturated carbocycles. The van der Waals surface area contributed by atoms with E-state index in [9.17, 15) is 20.2 Å². The number of ether oxygens (including phenoxy) is 1. The van der Waals surface area contributed by atoms with Gasteiger partial charge in [0.1, 0.15) is 11.9 Å². The fourth-order valence-electron chi connectivity index (χ4n) is 3.98. The second kappa shape index (κ2) is 9.42. The molecule has 0 spiro atoms. The van der Waals surface area contributed by atoms with E-state index in [4.69, 9.17) is 16.3 Å². The van der Waals surface area contributed by atoms with Crippen molar-refractivity contribution in [3.63, 3.8) is 0 Å². The molecule has 2 heterocycles. The summed E-state index contributed by atoms with van der Waals surface area (Å²) >= 11 is 11.2. The van der Waals surface area contributed by atoms with Crippen molar-refractivity contribution in [2.75, 3.05) is 11.4 Å². The van der Waals surface area contributed by atoms with Gasteiger partial charge in [-0.1, -0.05) is 36.5 Å². The maximum Gasteiger partial charge on any atom is 0.311 e.